The molecule has 0 bridgehead atoms. The maximum Gasteiger partial charge on any atom is 0.257 e. The van der Waals surface area contributed by atoms with Crippen LogP contribution in [0.15, 0.2) is 48.5 Å². The van der Waals surface area contributed by atoms with Crippen LogP contribution in [-0.4, -0.2) is 36.6 Å². The Labute approximate surface area is 159 Å². The Morgan fingerprint density at radius 2 is 1.76 bits per heavy atom. The molecule has 25 heavy (non-hydrogen) atoms. The molecule has 2 aromatic rings. The molecule has 3 N–H and O–H groups in total. The van der Waals surface area contributed by atoms with Gasteiger partial charge < -0.3 is 20.5 Å². The first kappa shape index (κ1) is 19.0. The molecule has 6 nitrogen and oxygen atoms in total. The van der Waals surface area contributed by atoms with Crippen LogP contribution in [0, 0.1) is 3.57 Å². The number of ether oxygens (including phenoxy) is 1. The monoisotopic (exact) mass is 454 g/mol. The second kappa shape index (κ2) is 9.87. The summed E-state index contributed by atoms with van der Waals surface area (Å²) >= 11 is 2.20. The Hall–Kier alpha value is -2.29. The van der Waals surface area contributed by atoms with Gasteiger partial charge in [0.25, 0.3) is 11.8 Å². The lowest BCUT2D eigenvalue weighted by molar-refractivity contribution is -0.123. The number of phenols is 1. The zero-order valence-corrected chi connectivity index (χ0v) is 15.7. The summed E-state index contributed by atoms with van der Waals surface area (Å²) in [6, 6.07) is 13.6. The van der Waals surface area contributed by atoms with Crippen LogP contribution in [0.4, 0.5) is 0 Å². The second-order valence-corrected chi connectivity index (χ2v) is 6.50. The van der Waals surface area contributed by atoms with Gasteiger partial charge in [-0.2, -0.15) is 0 Å². The number of hydrogen-bond donors (Lipinski definition) is 3. The van der Waals surface area contributed by atoms with E-state index >= 15 is 0 Å². The maximum atomic E-state index is 11.8. The fourth-order valence-corrected chi connectivity index (χ4v) is 2.36. The molecule has 7 heteroatoms. The molecule has 132 valence electrons. The topological polar surface area (TPSA) is 87.7 Å². The molecular formula is C18H19IN2O4. The highest BCUT2D eigenvalue weighted by Crippen LogP contribution is 2.13. The van der Waals surface area contributed by atoms with Gasteiger partial charge in [0, 0.05) is 22.2 Å². The van der Waals surface area contributed by atoms with E-state index in [4.69, 9.17) is 4.74 Å². The Morgan fingerprint density at radius 3 is 2.48 bits per heavy atom. The van der Waals surface area contributed by atoms with E-state index in [2.05, 4.69) is 33.2 Å². The fourth-order valence-electron chi connectivity index (χ4n) is 2.00. The van der Waals surface area contributed by atoms with Crippen molar-refractivity contribution in [2.75, 3.05) is 19.7 Å². The fraction of sp³-hybridized carbons (Fsp3) is 0.222. The van der Waals surface area contributed by atoms with Crippen molar-refractivity contribution in [1.29, 1.82) is 0 Å². The lowest BCUT2D eigenvalue weighted by Crippen LogP contribution is -2.32. The van der Waals surface area contributed by atoms with Crippen LogP contribution < -0.4 is 15.4 Å². The molecule has 2 aromatic carbocycles. The number of nitrogens with one attached hydrogen (secondary N) is 2. The summed E-state index contributed by atoms with van der Waals surface area (Å²) in [6.07, 6.45) is 0.597. The van der Waals surface area contributed by atoms with E-state index in [9.17, 15) is 14.7 Å². The lowest BCUT2D eigenvalue weighted by Gasteiger charge is -2.08. The lowest BCUT2D eigenvalue weighted by atomic mass is 10.2. The smallest absolute Gasteiger partial charge is 0.257 e. The SMILES string of the molecule is O=C(COc1ccc(I)cc1)NCCCNC(=O)c1cccc(O)c1. The Kier molecular flexibility index (Phi) is 7.52. The van der Waals surface area contributed by atoms with Gasteiger partial charge in [0.15, 0.2) is 6.61 Å². The number of carbonyl (C=O) groups excluding carboxylic acids is 2. The van der Waals surface area contributed by atoms with Crippen LogP contribution in [0.1, 0.15) is 16.8 Å². The quantitative estimate of drug-likeness (QED) is 0.422. The Balaban J connectivity index is 1.58. The minimum absolute atomic E-state index is 0.0454. The van der Waals surface area contributed by atoms with Gasteiger partial charge in [-0.05, 0) is 71.5 Å². The van der Waals surface area contributed by atoms with Gasteiger partial charge in [-0.25, -0.2) is 0 Å². The molecule has 0 unspecified atom stereocenters. The molecule has 0 aliphatic heterocycles. The third-order valence-corrected chi connectivity index (χ3v) is 3.97. The van der Waals surface area contributed by atoms with Crippen molar-refractivity contribution in [2.24, 2.45) is 0 Å². The molecule has 0 atom stereocenters. The molecule has 0 radical (unpaired) electrons. The average Bonchev–Trinajstić information content (AvgIpc) is 2.60. The van der Waals surface area contributed by atoms with Crippen LogP contribution in [0.5, 0.6) is 11.5 Å². The summed E-state index contributed by atoms with van der Waals surface area (Å²) < 4.78 is 6.48. The van der Waals surface area contributed by atoms with Crippen LogP contribution in [0.3, 0.4) is 0 Å². The second-order valence-electron chi connectivity index (χ2n) is 5.25. The van der Waals surface area contributed by atoms with Crippen molar-refractivity contribution in [3.63, 3.8) is 0 Å². The van der Waals surface area contributed by atoms with Gasteiger partial charge in [-0.1, -0.05) is 6.07 Å². The zero-order valence-electron chi connectivity index (χ0n) is 13.5. The summed E-state index contributed by atoms with van der Waals surface area (Å²) in [7, 11) is 0. The molecule has 0 heterocycles. The molecule has 0 saturated heterocycles. The summed E-state index contributed by atoms with van der Waals surface area (Å²) in [4.78, 5) is 23.5. The first-order chi connectivity index (χ1) is 12.0. The Morgan fingerprint density at radius 1 is 1.04 bits per heavy atom. The first-order valence-electron chi connectivity index (χ1n) is 7.77. The van der Waals surface area contributed by atoms with E-state index in [1.54, 1.807) is 12.1 Å². The van der Waals surface area contributed by atoms with Crippen molar-refractivity contribution >= 4 is 34.4 Å². The van der Waals surface area contributed by atoms with Crippen molar-refractivity contribution in [1.82, 2.24) is 10.6 Å². The number of rotatable bonds is 8. The highest BCUT2D eigenvalue weighted by Gasteiger charge is 2.06. The maximum absolute atomic E-state index is 11.8. The summed E-state index contributed by atoms with van der Waals surface area (Å²) in [5, 5.41) is 14.8. The molecule has 0 aliphatic carbocycles. The van der Waals surface area contributed by atoms with E-state index in [0.717, 1.165) is 3.57 Å². The highest BCUT2D eigenvalue weighted by atomic mass is 127. The van der Waals surface area contributed by atoms with Gasteiger partial charge in [0.05, 0.1) is 0 Å². The molecule has 0 aromatic heterocycles. The predicted octanol–water partition coefficient (Wildman–Crippen LogP) is 2.31. The zero-order chi connectivity index (χ0) is 18.1. The van der Waals surface area contributed by atoms with Crippen molar-refractivity contribution in [3.8, 4) is 11.5 Å². The molecule has 0 saturated carbocycles. The van der Waals surface area contributed by atoms with E-state index in [-0.39, 0.29) is 24.2 Å². The third-order valence-electron chi connectivity index (χ3n) is 3.25. The number of phenolic OH excluding ortho intramolecular Hbond substituents is 1. The van der Waals surface area contributed by atoms with Crippen LogP contribution in [-0.2, 0) is 4.79 Å². The summed E-state index contributed by atoms with van der Waals surface area (Å²) in [5.74, 6) is 0.226. The van der Waals surface area contributed by atoms with Crippen LogP contribution >= 0.6 is 22.6 Å². The first-order valence-corrected chi connectivity index (χ1v) is 8.85. The number of amides is 2. The van der Waals surface area contributed by atoms with Gasteiger partial charge in [-0.15, -0.1) is 0 Å². The largest absolute Gasteiger partial charge is 0.508 e. The minimum Gasteiger partial charge on any atom is -0.508 e. The molecule has 2 rings (SSSR count). The normalized spacial score (nSPS) is 10.1. The van der Waals surface area contributed by atoms with E-state index in [1.807, 2.05) is 24.3 Å². The molecule has 0 spiro atoms. The van der Waals surface area contributed by atoms with E-state index < -0.39 is 0 Å². The highest BCUT2D eigenvalue weighted by molar-refractivity contribution is 14.1. The Bertz CT molecular complexity index is 719. The number of halogens is 1. The third kappa shape index (κ3) is 7.00. The van der Waals surface area contributed by atoms with Gasteiger partial charge >= 0.3 is 0 Å². The number of hydrogen-bond acceptors (Lipinski definition) is 4. The van der Waals surface area contributed by atoms with Gasteiger partial charge in [0.1, 0.15) is 11.5 Å². The molecule has 2 amide bonds. The number of benzene rings is 2. The summed E-state index contributed by atoms with van der Waals surface area (Å²) in [5.41, 5.74) is 0.398. The van der Waals surface area contributed by atoms with E-state index in [0.29, 0.717) is 30.8 Å². The van der Waals surface area contributed by atoms with Gasteiger partial charge in [0.2, 0.25) is 0 Å². The van der Waals surface area contributed by atoms with Crippen molar-refractivity contribution in [2.45, 2.75) is 6.42 Å². The minimum atomic E-state index is -0.260. The molecule has 0 aliphatic rings. The van der Waals surface area contributed by atoms with E-state index in [1.165, 1.54) is 12.1 Å². The predicted molar refractivity (Wildman–Crippen MR) is 103 cm³/mol. The van der Waals surface area contributed by atoms with Crippen LogP contribution in [0.2, 0.25) is 0 Å². The molecular weight excluding hydrogens is 435 g/mol. The standard InChI is InChI=1S/C18H19IN2O4/c19-14-5-7-16(8-6-14)25-12-17(23)20-9-2-10-21-18(24)13-3-1-4-15(22)11-13/h1,3-8,11,22H,2,9-10,12H2,(H,20,23)(H,21,24). The summed E-state index contributed by atoms with van der Waals surface area (Å²) in [6.45, 7) is 0.818. The van der Waals surface area contributed by atoms with Crippen molar-refractivity contribution in [3.05, 3.63) is 57.7 Å². The number of aromatic hydroxyl groups is 1. The number of carbonyl (C=O) groups is 2. The van der Waals surface area contributed by atoms with Crippen molar-refractivity contribution < 1.29 is 19.4 Å². The molecule has 0 fully saturated rings. The van der Waals surface area contributed by atoms with Gasteiger partial charge in [-0.3, -0.25) is 9.59 Å². The average molecular weight is 454 g/mol. The van der Waals surface area contributed by atoms with Crippen LogP contribution in [0.25, 0.3) is 0 Å².